The van der Waals surface area contributed by atoms with E-state index in [2.05, 4.69) is 10.3 Å². The van der Waals surface area contributed by atoms with Crippen molar-refractivity contribution in [1.29, 1.82) is 0 Å². The molecule has 7 nitrogen and oxygen atoms in total. The predicted octanol–water partition coefficient (Wildman–Crippen LogP) is 0.142. The summed E-state index contributed by atoms with van der Waals surface area (Å²) in [6, 6.07) is 0. The summed E-state index contributed by atoms with van der Waals surface area (Å²) in [6.45, 7) is 3.01. The second-order valence-corrected chi connectivity index (χ2v) is 5.71. The second-order valence-electron chi connectivity index (χ2n) is 5.71. The molecule has 1 fully saturated rings. The van der Waals surface area contributed by atoms with Crippen LogP contribution in [-0.2, 0) is 15.9 Å². The number of methoxy groups -OCH3 is 1. The average Bonchev–Trinajstić information content (AvgIpc) is 2.75. The van der Waals surface area contributed by atoms with E-state index in [0.29, 0.717) is 12.4 Å². The fourth-order valence-electron chi connectivity index (χ4n) is 3.03. The molecule has 1 saturated heterocycles. The molecule has 1 aromatic rings. The van der Waals surface area contributed by atoms with Crippen LogP contribution in [0.15, 0.2) is 11.0 Å². The van der Waals surface area contributed by atoms with Gasteiger partial charge in [-0.2, -0.15) is 4.98 Å². The molecule has 4 atom stereocenters. The largest absolute Gasteiger partial charge is 0.390 e. The molecule has 2 N–H and O–H groups in total. The quantitative estimate of drug-likeness (QED) is 0.825. The van der Waals surface area contributed by atoms with Gasteiger partial charge in [-0.25, -0.2) is 4.79 Å². The van der Waals surface area contributed by atoms with E-state index in [-0.39, 0.29) is 11.6 Å². The molecule has 7 heteroatoms. The predicted molar refractivity (Wildman–Crippen MR) is 76.3 cm³/mol. The van der Waals surface area contributed by atoms with Crippen LogP contribution < -0.4 is 11.0 Å². The summed E-state index contributed by atoms with van der Waals surface area (Å²) in [4.78, 5) is 16.3. The molecule has 4 unspecified atom stereocenters. The molecule has 2 aliphatic heterocycles. The van der Waals surface area contributed by atoms with Gasteiger partial charge in [-0.05, 0) is 12.8 Å². The Bertz CT molecular complexity index is 574. The van der Waals surface area contributed by atoms with Gasteiger partial charge < -0.3 is 19.9 Å². The Morgan fingerprint density at radius 3 is 3.19 bits per heavy atom. The molecule has 0 bridgehead atoms. The zero-order valence-corrected chi connectivity index (χ0v) is 12.3. The van der Waals surface area contributed by atoms with E-state index in [1.807, 2.05) is 6.92 Å². The van der Waals surface area contributed by atoms with Crippen LogP contribution in [0.2, 0.25) is 0 Å². The van der Waals surface area contributed by atoms with E-state index < -0.39 is 18.4 Å². The van der Waals surface area contributed by atoms with Crippen LogP contribution >= 0.6 is 0 Å². The Balaban J connectivity index is 1.92. The number of aliphatic hydroxyl groups excluding tert-OH is 1. The van der Waals surface area contributed by atoms with Crippen LogP contribution in [0.25, 0.3) is 0 Å². The third kappa shape index (κ3) is 2.56. The highest BCUT2D eigenvalue weighted by molar-refractivity contribution is 5.44. The molecule has 0 saturated carbocycles. The maximum Gasteiger partial charge on any atom is 0.351 e. The van der Waals surface area contributed by atoms with E-state index in [1.54, 1.807) is 13.3 Å². The molecule has 0 spiro atoms. The highest BCUT2D eigenvalue weighted by Crippen LogP contribution is 2.34. The summed E-state index contributed by atoms with van der Waals surface area (Å²) in [6.07, 6.45) is 2.13. The van der Waals surface area contributed by atoms with Gasteiger partial charge in [0.05, 0.1) is 12.7 Å². The molecule has 1 aromatic heterocycles. The van der Waals surface area contributed by atoms with Crippen LogP contribution in [0.4, 0.5) is 5.82 Å². The van der Waals surface area contributed by atoms with E-state index >= 15 is 0 Å². The number of nitrogens with zero attached hydrogens (tertiary/aromatic N) is 2. The number of aryl methyl sites for hydroxylation is 1. The van der Waals surface area contributed by atoms with Gasteiger partial charge in [0.25, 0.3) is 0 Å². The van der Waals surface area contributed by atoms with Gasteiger partial charge in [-0.15, -0.1) is 0 Å². The van der Waals surface area contributed by atoms with E-state index in [0.717, 1.165) is 24.9 Å². The lowest BCUT2D eigenvalue weighted by Crippen LogP contribution is -2.32. The lowest BCUT2D eigenvalue weighted by atomic mass is 10.0. The molecule has 3 heterocycles. The number of fused-ring (bicyclic) bond motifs is 1. The first-order valence-electron chi connectivity index (χ1n) is 7.30. The van der Waals surface area contributed by atoms with Crippen LogP contribution in [0, 0.1) is 5.92 Å². The van der Waals surface area contributed by atoms with Crippen LogP contribution in [0.3, 0.4) is 0 Å². The standard InChI is InChI=1S/C14H21N3O4/c1-8-11(18)10(7-20-2)21-13(8)17-6-9-4-3-5-15-12(9)16-14(17)19/h6,8,10-11,13,18H,3-5,7H2,1-2H3,(H,15,16,19). The molecule has 3 rings (SSSR count). The first kappa shape index (κ1) is 14.5. The maximum absolute atomic E-state index is 12.2. The highest BCUT2D eigenvalue weighted by Gasteiger charge is 2.42. The molecule has 2 aliphatic rings. The molecule has 0 aromatic carbocycles. The average molecular weight is 295 g/mol. The number of rotatable bonds is 3. The molecule has 116 valence electrons. The zero-order chi connectivity index (χ0) is 15.0. The van der Waals surface area contributed by atoms with Crippen LogP contribution in [-0.4, -0.2) is 47.1 Å². The van der Waals surface area contributed by atoms with Crippen molar-refractivity contribution in [2.75, 3.05) is 25.6 Å². The van der Waals surface area contributed by atoms with Gasteiger partial charge in [0.2, 0.25) is 0 Å². The number of anilines is 1. The monoisotopic (exact) mass is 295 g/mol. The van der Waals surface area contributed by atoms with Crippen molar-refractivity contribution in [3.8, 4) is 0 Å². The van der Waals surface area contributed by atoms with Gasteiger partial charge in [-0.3, -0.25) is 4.57 Å². The Hall–Kier alpha value is -1.44. The summed E-state index contributed by atoms with van der Waals surface area (Å²) >= 11 is 0. The van der Waals surface area contributed by atoms with Gasteiger partial charge >= 0.3 is 5.69 Å². The third-order valence-corrected chi connectivity index (χ3v) is 4.23. The van der Waals surface area contributed by atoms with Crippen molar-refractivity contribution in [3.05, 3.63) is 22.2 Å². The summed E-state index contributed by atoms with van der Waals surface area (Å²) < 4.78 is 12.4. The van der Waals surface area contributed by atoms with Crippen molar-refractivity contribution >= 4 is 5.82 Å². The van der Waals surface area contributed by atoms with Crippen LogP contribution in [0.1, 0.15) is 25.1 Å². The minimum absolute atomic E-state index is 0.195. The molecule has 0 amide bonds. The number of aromatic nitrogens is 2. The third-order valence-electron chi connectivity index (χ3n) is 4.23. The Morgan fingerprint density at radius 1 is 1.62 bits per heavy atom. The Labute approximate surface area is 122 Å². The fraction of sp³-hybridized carbons (Fsp3) is 0.714. The van der Waals surface area contributed by atoms with E-state index in [9.17, 15) is 9.90 Å². The van der Waals surface area contributed by atoms with Crippen molar-refractivity contribution in [2.45, 2.75) is 38.2 Å². The van der Waals surface area contributed by atoms with Crippen molar-refractivity contribution in [3.63, 3.8) is 0 Å². The second kappa shape index (κ2) is 5.75. The topological polar surface area (TPSA) is 85.6 Å². The Morgan fingerprint density at radius 2 is 2.43 bits per heavy atom. The first-order valence-corrected chi connectivity index (χ1v) is 7.30. The first-order chi connectivity index (χ1) is 10.1. The van der Waals surface area contributed by atoms with Crippen molar-refractivity contribution < 1.29 is 14.6 Å². The number of hydrogen-bond acceptors (Lipinski definition) is 6. The normalized spacial score (nSPS) is 31.8. The maximum atomic E-state index is 12.2. The highest BCUT2D eigenvalue weighted by atomic mass is 16.6. The minimum Gasteiger partial charge on any atom is -0.390 e. The van der Waals surface area contributed by atoms with Gasteiger partial charge in [0.1, 0.15) is 18.1 Å². The van der Waals surface area contributed by atoms with Crippen molar-refractivity contribution in [1.82, 2.24) is 9.55 Å². The summed E-state index contributed by atoms with van der Waals surface area (Å²) in [5, 5.41) is 13.3. The van der Waals surface area contributed by atoms with E-state index in [4.69, 9.17) is 9.47 Å². The fourth-order valence-corrected chi connectivity index (χ4v) is 3.03. The van der Waals surface area contributed by atoms with Gasteiger partial charge in [0, 0.05) is 31.3 Å². The van der Waals surface area contributed by atoms with Gasteiger partial charge in [-0.1, -0.05) is 6.92 Å². The lowest BCUT2D eigenvalue weighted by Gasteiger charge is -2.22. The zero-order valence-electron chi connectivity index (χ0n) is 12.3. The van der Waals surface area contributed by atoms with Crippen molar-refractivity contribution in [2.24, 2.45) is 5.92 Å². The SMILES string of the molecule is COCC1OC(n2cc3c(nc2=O)NCCC3)C(C)C1O. The molecule has 0 radical (unpaired) electrons. The number of ether oxygens (including phenoxy) is 2. The molecular formula is C14H21N3O4. The summed E-state index contributed by atoms with van der Waals surface area (Å²) in [7, 11) is 1.56. The number of aliphatic hydroxyl groups is 1. The molecule has 21 heavy (non-hydrogen) atoms. The number of nitrogens with one attached hydrogen (secondary N) is 1. The van der Waals surface area contributed by atoms with Crippen LogP contribution in [0.5, 0.6) is 0 Å². The lowest BCUT2D eigenvalue weighted by molar-refractivity contribution is -0.0561. The smallest absolute Gasteiger partial charge is 0.351 e. The van der Waals surface area contributed by atoms with E-state index in [1.165, 1.54) is 4.57 Å². The number of hydrogen-bond donors (Lipinski definition) is 2. The summed E-state index contributed by atoms with van der Waals surface area (Å²) in [5.41, 5.74) is 0.659. The minimum atomic E-state index is -0.656. The Kier molecular flexibility index (Phi) is 3.97. The van der Waals surface area contributed by atoms with Gasteiger partial charge in [0.15, 0.2) is 0 Å². The molecular weight excluding hydrogens is 274 g/mol. The molecule has 0 aliphatic carbocycles. The summed E-state index contributed by atoms with van der Waals surface area (Å²) in [5.74, 6) is 0.474.